The molecule has 0 saturated heterocycles. The lowest BCUT2D eigenvalue weighted by Gasteiger charge is -2.50. The zero-order chi connectivity index (χ0) is 48.6. The van der Waals surface area contributed by atoms with Gasteiger partial charge in [0.1, 0.15) is 0 Å². The summed E-state index contributed by atoms with van der Waals surface area (Å²) < 4.78 is 0. The third kappa shape index (κ3) is 6.97. The minimum Gasteiger partial charge on any atom is -0.376 e. The first kappa shape index (κ1) is 42.7. The molecule has 11 aromatic rings. The lowest BCUT2D eigenvalue weighted by Crippen LogP contribution is -2.62. The van der Waals surface area contributed by atoms with E-state index in [-0.39, 0.29) is 12.3 Å². The number of benzene rings is 11. The second-order valence-corrected chi connectivity index (χ2v) is 20.1. The summed E-state index contributed by atoms with van der Waals surface area (Å²) in [6, 6.07) is 98.5. The van der Waals surface area contributed by atoms with Crippen molar-refractivity contribution in [1.82, 2.24) is 0 Å². The first-order valence-electron chi connectivity index (χ1n) is 25.4. The fourth-order valence-corrected chi connectivity index (χ4v) is 12.1. The molecule has 4 heteroatoms. The Morgan fingerprint density at radius 1 is 0.342 bits per heavy atom. The summed E-state index contributed by atoms with van der Waals surface area (Å²) in [6.45, 7) is 4.68. The van der Waals surface area contributed by atoms with Crippen LogP contribution in [-0.4, -0.2) is 6.85 Å². The van der Waals surface area contributed by atoms with Gasteiger partial charge >= 0.3 is 6.85 Å². The Morgan fingerprint density at radius 3 is 1.37 bits per heavy atom. The van der Waals surface area contributed by atoms with Crippen molar-refractivity contribution < 1.29 is 0 Å². The highest BCUT2D eigenvalue weighted by Crippen LogP contribution is 2.56. The van der Waals surface area contributed by atoms with Gasteiger partial charge in [-0.25, -0.2) is 0 Å². The summed E-state index contributed by atoms with van der Waals surface area (Å²) in [7, 11) is 0. The van der Waals surface area contributed by atoms with Crippen LogP contribution in [0.2, 0.25) is 0 Å². The number of rotatable bonds is 8. The normalized spacial score (nSPS) is 13.4. The Bertz CT molecular complexity index is 3770. The van der Waals surface area contributed by atoms with Crippen molar-refractivity contribution in [3.05, 3.63) is 278 Å². The fourth-order valence-electron chi connectivity index (χ4n) is 12.1. The van der Waals surface area contributed by atoms with Crippen LogP contribution in [0.3, 0.4) is 0 Å². The van der Waals surface area contributed by atoms with Crippen LogP contribution < -0.4 is 25.5 Å². The zero-order valence-corrected chi connectivity index (χ0v) is 40.8. The Morgan fingerprint density at radius 2 is 0.808 bits per heavy atom. The van der Waals surface area contributed by atoms with Crippen LogP contribution in [0.4, 0.5) is 45.5 Å². The van der Waals surface area contributed by atoms with Crippen LogP contribution >= 0.6 is 0 Å². The molecule has 73 heavy (non-hydrogen) atoms. The van der Waals surface area contributed by atoms with Gasteiger partial charge in [-0.05, 0) is 145 Å². The molecule has 0 spiro atoms. The third-order valence-electron chi connectivity index (χ3n) is 15.6. The van der Waals surface area contributed by atoms with Gasteiger partial charge in [0.05, 0.1) is 5.69 Å². The molecule has 0 atom stereocenters. The van der Waals surface area contributed by atoms with Gasteiger partial charge in [-0.1, -0.05) is 208 Å². The molecule has 14 rings (SSSR count). The smallest absolute Gasteiger partial charge is 0.333 e. The second kappa shape index (κ2) is 17.0. The summed E-state index contributed by atoms with van der Waals surface area (Å²) in [5, 5.41) is 0. The van der Waals surface area contributed by atoms with Crippen LogP contribution in [0.5, 0.6) is 0 Å². The van der Waals surface area contributed by atoms with Gasteiger partial charge in [0.2, 0.25) is 0 Å². The van der Waals surface area contributed by atoms with Gasteiger partial charge in [-0.15, -0.1) is 0 Å². The molecule has 11 aromatic carbocycles. The maximum absolute atomic E-state index is 2.63. The van der Waals surface area contributed by atoms with E-state index in [4.69, 9.17) is 0 Å². The molecule has 3 nitrogen and oxygen atoms in total. The predicted molar refractivity (Wildman–Crippen MR) is 309 cm³/mol. The van der Waals surface area contributed by atoms with Crippen LogP contribution in [0.1, 0.15) is 25.0 Å². The minimum atomic E-state index is -0.221. The van der Waals surface area contributed by atoms with E-state index in [1.807, 2.05) is 0 Å². The first-order chi connectivity index (χ1) is 36.0. The minimum absolute atomic E-state index is 0.116. The van der Waals surface area contributed by atoms with Crippen molar-refractivity contribution in [3.63, 3.8) is 0 Å². The highest BCUT2D eigenvalue weighted by molar-refractivity contribution is 6.93. The molecular weight excluding hydrogens is 882 g/mol. The highest BCUT2D eigenvalue weighted by atomic mass is 15.2. The standard InChI is InChI=1S/C69H50BN3/c1-69(2)61-26-15-16-29-65(61)72-66-45-54(50-24-13-6-14-25-50)44-60-59-46-58(71(55-36-30-51(31-37-55)47-18-7-3-8-19-47)56-38-32-52(33-39-56)48-20-9-4-10-21-48)42-43-64(59)73(70(67(60)66)63-28-17-27-62(69)68(63)72)57-40-34-53(35-41-57)49-22-11-5-12-23-49/h3-46H,1-2H3. The molecular formula is C69H50BN3. The molecule has 0 aliphatic carbocycles. The maximum atomic E-state index is 2.63. The molecule has 344 valence electrons. The van der Waals surface area contributed by atoms with Gasteiger partial charge in [0.15, 0.2) is 0 Å². The average molecular weight is 932 g/mol. The molecule has 0 radical (unpaired) electrons. The monoisotopic (exact) mass is 931 g/mol. The van der Waals surface area contributed by atoms with Crippen molar-refractivity contribution in [2.45, 2.75) is 19.3 Å². The Labute approximate surface area is 428 Å². The first-order valence-corrected chi connectivity index (χ1v) is 25.4. The van der Waals surface area contributed by atoms with E-state index < -0.39 is 0 Å². The Kier molecular flexibility index (Phi) is 9.98. The van der Waals surface area contributed by atoms with Crippen molar-refractivity contribution in [1.29, 1.82) is 0 Å². The topological polar surface area (TPSA) is 9.72 Å². The fraction of sp³-hybridized carbons (Fsp3) is 0.0435. The average Bonchev–Trinajstić information content (AvgIpc) is 3.46. The van der Waals surface area contributed by atoms with Gasteiger partial charge in [0.25, 0.3) is 0 Å². The van der Waals surface area contributed by atoms with E-state index in [0.29, 0.717) is 0 Å². The molecule has 3 aliphatic heterocycles. The third-order valence-corrected chi connectivity index (χ3v) is 15.6. The molecule has 0 saturated carbocycles. The zero-order valence-electron chi connectivity index (χ0n) is 40.8. The number of hydrogen-bond donors (Lipinski definition) is 0. The van der Waals surface area contributed by atoms with Gasteiger partial charge < -0.3 is 14.6 Å². The molecule has 0 fully saturated rings. The number of fused-ring (bicyclic) bond motifs is 6. The van der Waals surface area contributed by atoms with Crippen LogP contribution in [0, 0.1) is 0 Å². The summed E-state index contributed by atoms with van der Waals surface area (Å²) in [5.41, 5.74) is 26.4. The molecule has 0 amide bonds. The maximum Gasteiger partial charge on any atom is 0.333 e. The van der Waals surface area contributed by atoms with Gasteiger partial charge in [-0.3, -0.25) is 0 Å². The van der Waals surface area contributed by atoms with Crippen LogP contribution in [0.15, 0.2) is 267 Å². The number of para-hydroxylation sites is 2. The molecule has 0 bridgehead atoms. The second-order valence-electron chi connectivity index (χ2n) is 20.1. The summed E-state index contributed by atoms with van der Waals surface area (Å²) >= 11 is 0. The molecule has 3 heterocycles. The number of anilines is 8. The molecule has 0 N–H and O–H groups in total. The molecule has 0 unspecified atom stereocenters. The number of hydrogen-bond acceptors (Lipinski definition) is 3. The summed E-state index contributed by atoms with van der Waals surface area (Å²) in [5.74, 6) is 0. The van der Waals surface area contributed by atoms with Crippen molar-refractivity contribution >= 4 is 63.3 Å². The lowest BCUT2D eigenvalue weighted by molar-refractivity contribution is 0.632. The van der Waals surface area contributed by atoms with E-state index >= 15 is 0 Å². The van der Waals surface area contributed by atoms with Crippen LogP contribution in [-0.2, 0) is 5.41 Å². The number of nitrogens with zero attached hydrogens (tertiary/aromatic N) is 3. The Hall–Kier alpha value is -9.12. The lowest BCUT2D eigenvalue weighted by atomic mass is 9.42. The van der Waals surface area contributed by atoms with Crippen molar-refractivity contribution in [3.8, 4) is 55.6 Å². The molecule has 3 aliphatic rings. The highest BCUT2D eigenvalue weighted by Gasteiger charge is 2.49. The SMILES string of the molecule is CC1(C)c2ccccc2N2c3cc(-c4ccccc4)cc4c3B(c3cccc1c32)N(c1ccc(-c2ccccc2)cc1)c1ccc(N(c2ccc(-c3ccccc3)cc2)c2ccc(-c3ccccc3)cc2)cc1-4. The van der Waals surface area contributed by atoms with E-state index in [2.05, 4.69) is 295 Å². The van der Waals surface area contributed by atoms with E-state index in [0.717, 1.165) is 22.7 Å². The summed E-state index contributed by atoms with van der Waals surface area (Å²) in [4.78, 5) is 7.66. The largest absolute Gasteiger partial charge is 0.376 e. The van der Waals surface area contributed by atoms with Gasteiger partial charge in [-0.2, -0.15) is 0 Å². The van der Waals surface area contributed by atoms with E-state index in [1.54, 1.807) is 0 Å². The summed E-state index contributed by atoms with van der Waals surface area (Å²) in [6.07, 6.45) is 0. The molecule has 0 aromatic heterocycles. The quantitative estimate of drug-likeness (QED) is 0.141. The van der Waals surface area contributed by atoms with Gasteiger partial charge in [0, 0.05) is 50.8 Å². The Balaban J connectivity index is 1.03. The van der Waals surface area contributed by atoms with Crippen LogP contribution in [0.25, 0.3) is 55.6 Å². The predicted octanol–water partition coefficient (Wildman–Crippen LogP) is 17.2. The van der Waals surface area contributed by atoms with E-state index in [9.17, 15) is 0 Å². The van der Waals surface area contributed by atoms with Crippen molar-refractivity contribution in [2.75, 3.05) is 14.6 Å². The van der Waals surface area contributed by atoms with E-state index in [1.165, 1.54) is 100 Å². The van der Waals surface area contributed by atoms with Crippen molar-refractivity contribution in [2.24, 2.45) is 0 Å².